The molecule has 0 bridgehead atoms. The number of sulfone groups is 1. The Morgan fingerprint density at radius 2 is 1.62 bits per heavy atom. The molecule has 5 N–H and O–H groups in total. The molecule has 0 unspecified atom stereocenters. The Morgan fingerprint density at radius 1 is 1.00 bits per heavy atom. The fourth-order valence-electron chi connectivity index (χ4n) is 3.50. The van der Waals surface area contributed by atoms with Crippen LogP contribution in [0.25, 0.3) is 0 Å². The lowest BCUT2D eigenvalue weighted by Crippen LogP contribution is -2.48. The highest BCUT2D eigenvalue weighted by atomic mass is 32.2. The number of aldehydes is 1. The summed E-state index contributed by atoms with van der Waals surface area (Å²) in [5.41, 5.74) is -0.691. The van der Waals surface area contributed by atoms with Gasteiger partial charge in [0, 0.05) is 18.8 Å². The van der Waals surface area contributed by atoms with Crippen molar-refractivity contribution in [3.05, 3.63) is 23.8 Å². The minimum absolute atomic E-state index is 0.316. The maximum absolute atomic E-state index is 13.0. The Kier molecular flexibility index (Phi) is 11.4. The zero-order valence-electron chi connectivity index (χ0n) is 20.1. The van der Waals surface area contributed by atoms with Crippen LogP contribution >= 0.6 is 0 Å². The third-order valence-corrected chi connectivity index (χ3v) is 7.27. The summed E-state index contributed by atoms with van der Waals surface area (Å²) in [6.45, 7) is 3.12. The lowest BCUT2D eigenvalue weighted by atomic mass is 9.91. The zero-order valence-corrected chi connectivity index (χ0v) is 20.9. The van der Waals surface area contributed by atoms with Gasteiger partial charge in [0.25, 0.3) is 0 Å². The molecule has 0 aliphatic rings. The number of Topliss-reactive ketones (excluding diaryl/α,β-unsaturated/α-hetero) is 1. The quantitative estimate of drug-likeness (QED) is 0.182. The average molecular weight is 544 g/mol. The van der Waals surface area contributed by atoms with Crippen molar-refractivity contribution in [2.24, 2.45) is 17.8 Å². The minimum atomic E-state index is -4.36. The van der Waals surface area contributed by atoms with Gasteiger partial charge in [-0.05, 0) is 30.5 Å². The standard InChI is InChI=1S/C23H29NO12S/c1-12(2)21(18(27)7-13(10-25)8-20(30)31)24-22(32)14(3-6-19(28)29)11-37(35,36)15-4-5-17(26)16(9-15)23(33)34/h4-5,9-10,12-14,21,26H,3,6-8,11H2,1-2H3,(H,24,32)(H,28,29)(H,30,31)(H,33,34)/t13-,14+,21-/m0/s1. The third-order valence-electron chi connectivity index (χ3n) is 5.46. The van der Waals surface area contributed by atoms with Gasteiger partial charge < -0.3 is 30.5 Å². The Labute approximate surface area is 212 Å². The SMILES string of the molecule is CC(C)[C@H](NC(=O)[C@H](CCC(=O)O)CS(=O)(=O)c1ccc(O)c(C(=O)O)c1)C(=O)C[C@H](C=O)CC(=O)O. The van der Waals surface area contributed by atoms with Crippen molar-refractivity contribution in [3.8, 4) is 5.75 Å². The molecule has 14 heteroatoms. The van der Waals surface area contributed by atoms with E-state index < -0.39 is 111 Å². The van der Waals surface area contributed by atoms with Gasteiger partial charge in [-0.1, -0.05) is 13.8 Å². The van der Waals surface area contributed by atoms with Crippen molar-refractivity contribution in [3.63, 3.8) is 0 Å². The number of carbonyl (C=O) groups excluding carboxylic acids is 3. The largest absolute Gasteiger partial charge is 0.507 e. The molecule has 0 spiro atoms. The molecule has 1 amide bonds. The van der Waals surface area contributed by atoms with Gasteiger partial charge in [0.2, 0.25) is 5.91 Å². The van der Waals surface area contributed by atoms with Crippen LogP contribution in [0.4, 0.5) is 0 Å². The van der Waals surface area contributed by atoms with Gasteiger partial charge in [0.05, 0.1) is 29.0 Å². The summed E-state index contributed by atoms with van der Waals surface area (Å²) >= 11 is 0. The number of carbonyl (C=O) groups is 6. The smallest absolute Gasteiger partial charge is 0.339 e. The van der Waals surface area contributed by atoms with Crippen LogP contribution in [0.3, 0.4) is 0 Å². The number of hydrogen-bond acceptors (Lipinski definition) is 9. The van der Waals surface area contributed by atoms with Crippen LogP contribution < -0.4 is 5.32 Å². The molecule has 0 aromatic heterocycles. The topological polar surface area (TPSA) is 230 Å². The zero-order chi connectivity index (χ0) is 28.5. The number of amides is 1. The molecule has 0 saturated carbocycles. The van der Waals surface area contributed by atoms with Crippen LogP contribution in [0.15, 0.2) is 23.1 Å². The third kappa shape index (κ3) is 9.63. The molecule has 0 radical (unpaired) electrons. The molecule has 0 aliphatic heterocycles. The first-order chi connectivity index (χ1) is 17.1. The van der Waals surface area contributed by atoms with Gasteiger partial charge in [-0.2, -0.15) is 0 Å². The van der Waals surface area contributed by atoms with Crippen LogP contribution in [-0.4, -0.2) is 76.5 Å². The highest BCUT2D eigenvalue weighted by molar-refractivity contribution is 7.91. The van der Waals surface area contributed by atoms with E-state index in [0.717, 1.165) is 12.1 Å². The number of phenols is 1. The number of hydrogen-bond donors (Lipinski definition) is 5. The number of carboxylic acid groups (broad SMARTS) is 3. The fourth-order valence-corrected chi connectivity index (χ4v) is 5.11. The highest BCUT2D eigenvalue weighted by Gasteiger charge is 2.33. The molecular weight excluding hydrogens is 514 g/mol. The summed E-state index contributed by atoms with van der Waals surface area (Å²) in [5, 5.41) is 39.1. The van der Waals surface area contributed by atoms with E-state index in [0.29, 0.717) is 12.4 Å². The summed E-state index contributed by atoms with van der Waals surface area (Å²) in [7, 11) is -4.36. The summed E-state index contributed by atoms with van der Waals surface area (Å²) in [6.07, 6.45) is -1.79. The molecule has 1 aromatic carbocycles. The lowest BCUT2D eigenvalue weighted by molar-refractivity contribution is -0.140. The van der Waals surface area contributed by atoms with Crippen molar-refractivity contribution in [1.29, 1.82) is 0 Å². The molecule has 0 fully saturated rings. The molecular formula is C23H29NO12S. The number of benzene rings is 1. The number of rotatable bonds is 16. The number of aliphatic carboxylic acids is 2. The second kappa shape index (κ2) is 13.5. The first-order valence-electron chi connectivity index (χ1n) is 11.1. The van der Waals surface area contributed by atoms with Crippen molar-refractivity contribution < 1.29 is 57.6 Å². The van der Waals surface area contributed by atoms with Crippen molar-refractivity contribution in [2.75, 3.05) is 5.75 Å². The minimum Gasteiger partial charge on any atom is -0.507 e. The van der Waals surface area contributed by atoms with Crippen LogP contribution in [0.2, 0.25) is 0 Å². The summed E-state index contributed by atoms with van der Waals surface area (Å²) in [4.78, 5) is 69.6. The van der Waals surface area contributed by atoms with Crippen molar-refractivity contribution in [2.45, 2.75) is 50.5 Å². The lowest BCUT2D eigenvalue weighted by Gasteiger charge is -2.25. The molecule has 13 nitrogen and oxygen atoms in total. The molecule has 37 heavy (non-hydrogen) atoms. The Morgan fingerprint density at radius 3 is 2.11 bits per heavy atom. The van der Waals surface area contributed by atoms with Crippen LogP contribution in [0.5, 0.6) is 5.75 Å². The van der Waals surface area contributed by atoms with Gasteiger partial charge >= 0.3 is 17.9 Å². The number of carboxylic acids is 3. The molecule has 1 aromatic rings. The van der Waals surface area contributed by atoms with Gasteiger partial charge in [0.1, 0.15) is 17.6 Å². The van der Waals surface area contributed by atoms with Gasteiger partial charge in [0.15, 0.2) is 15.6 Å². The summed E-state index contributed by atoms with van der Waals surface area (Å²) in [5.74, 6) is -10.6. The van der Waals surface area contributed by atoms with E-state index in [2.05, 4.69) is 5.32 Å². The van der Waals surface area contributed by atoms with E-state index >= 15 is 0 Å². The van der Waals surface area contributed by atoms with E-state index in [1.807, 2.05) is 0 Å². The van der Waals surface area contributed by atoms with E-state index in [9.17, 15) is 42.3 Å². The summed E-state index contributed by atoms with van der Waals surface area (Å²) in [6, 6.07) is 1.29. The van der Waals surface area contributed by atoms with Gasteiger partial charge in [-0.25, -0.2) is 13.2 Å². The summed E-state index contributed by atoms with van der Waals surface area (Å²) < 4.78 is 25.9. The number of aromatic hydroxyl groups is 1. The predicted molar refractivity (Wildman–Crippen MR) is 126 cm³/mol. The first kappa shape index (κ1) is 31.2. The van der Waals surface area contributed by atoms with Crippen LogP contribution in [0, 0.1) is 17.8 Å². The number of aromatic carboxylic acids is 1. The van der Waals surface area contributed by atoms with Crippen LogP contribution in [0.1, 0.15) is 49.9 Å². The number of ketones is 1. The second-order valence-electron chi connectivity index (χ2n) is 8.79. The molecule has 204 valence electrons. The Bertz CT molecular complexity index is 1160. The molecule has 0 saturated heterocycles. The number of nitrogens with one attached hydrogen (secondary N) is 1. The van der Waals surface area contributed by atoms with E-state index in [-0.39, 0.29) is 0 Å². The average Bonchev–Trinajstić information content (AvgIpc) is 2.78. The fraction of sp³-hybridized carbons (Fsp3) is 0.478. The van der Waals surface area contributed by atoms with Crippen molar-refractivity contribution >= 4 is 45.7 Å². The maximum atomic E-state index is 13.0. The van der Waals surface area contributed by atoms with E-state index in [1.54, 1.807) is 13.8 Å². The van der Waals surface area contributed by atoms with Gasteiger partial charge in [-0.3, -0.25) is 19.2 Å². The van der Waals surface area contributed by atoms with E-state index in [1.165, 1.54) is 0 Å². The first-order valence-corrected chi connectivity index (χ1v) is 12.7. The molecule has 0 heterocycles. The monoisotopic (exact) mass is 543 g/mol. The predicted octanol–water partition coefficient (Wildman–Crippen LogP) is 0.735. The Balaban J connectivity index is 3.22. The van der Waals surface area contributed by atoms with Crippen molar-refractivity contribution in [1.82, 2.24) is 5.32 Å². The molecule has 1 rings (SSSR count). The normalized spacial score (nSPS) is 13.8. The van der Waals surface area contributed by atoms with Crippen LogP contribution in [-0.2, 0) is 33.8 Å². The van der Waals surface area contributed by atoms with E-state index in [4.69, 9.17) is 15.3 Å². The second-order valence-corrected chi connectivity index (χ2v) is 10.8. The highest BCUT2D eigenvalue weighted by Crippen LogP contribution is 2.24. The molecule has 0 aliphatic carbocycles. The molecule has 3 atom stereocenters. The maximum Gasteiger partial charge on any atom is 0.339 e. The van der Waals surface area contributed by atoms with Gasteiger partial charge in [-0.15, -0.1) is 0 Å². The Hall–Kier alpha value is -3.81.